The Kier molecular flexibility index (Phi) is 8.05. The Balaban J connectivity index is 1.14. The number of para-hydroxylation sites is 2. The number of anilines is 2. The molecule has 40 heavy (non-hydrogen) atoms. The maximum absolute atomic E-state index is 5.18. The van der Waals surface area contributed by atoms with E-state index in [4.69, 9.17) is 9.97 Å². The molecule has 2 aromatic heterocycles. The number of hydrogen-bond acceptors (Lipinski definition) is 5. The molecule has 6 nitrogen and oxygen atoms in total. The van der Waals surface area contributed by atoms with Crippen molar-refractivity contribution in [2.24, 2.45) is 5.92 Å². The minimum atomic E-state index is 0.581. The fourth-order valence-corrected chi connectivity index (χ4v) is 6.70. The lowest BCUT2D eigenvalue weighted by Gasteiger charge is -2.36. The van der Waals surface area contributed by atoms with Gasteiger partial charge in [-0.15, -0.1) is 0 Å². The van der Waals surface area contributed by atoms with E-state index in [1.54, 1.807) is 0 Å². The zero-order valence-electron chi connectivity index (χ0n) is 24.5. The summed E-state index contributed by atoms with van der Waals surface area (Å²) in [7, 11) is 0. The summed E-state index contributed by atoms with van der Waals surface area (Å²) in [6.07, 6.45) is 9.19. The molecule has 6 rings (SSSR count). The van der Waals surface area contributed by atoms with Gasteiger partial charge in [-0.3, -0.25) is 4.90 Å². The Bertz CT molecular complexity index is 1470. The first kappa shape index (κ1) is 26.8. The summed E-state index contributed by atoms with van der Waals surface area (Å²) in [5, 5.41) is 2.57. The number of aromatic nitrogens is 3. The van der Waals surface area contributed by atoms with Crippen LogP contribution in [0.4, 0.5) is 11.8 Å². The molecule has 2 aliphatic rings. The molecule has 2 aromatic carbocycles. The fraction of sp³-hybridized carbons (Fsp3) is 0.471. The molecule has 6 heteroatoms. The van der Waals surface area contributed by atoms with E-state index >= 15 is 0 Å². The van der Waals surface area contributed by atoms with Crippen molar-refractivity contribution in [3.8, 4) is 0 Å². The van der Waals surface area contributed by atoms with Crippen LogP contribution in [-0.2, 0) is 13.0 Å². The minimum Gasteiger partial charge on any atom is -0.356 e. The van der Waals surface area contributed by atoms with E-state index in [9.17, 15) is 0 Å². The Hall–Kier alpha value is -3.38. The average Bonchev–Trinajstić information content (AvgIpc) is 3.30. The maximum atomic E-state index is 5.18. The number of hydrogen-bond donors (Lipinski definition) is 0. The third-order valence-corrected chi connectivity index (χ3v) is 8.53. The van der Waals surface area contributed by atoms with Crippen LogP contribution in [0.2, 0.25) is 0 Å². The highest BCUT2D eigenvalue weighted by Gasteiger charge is 2.24. The minimum absolute atomic E-state index is 0.581. The summed E-state index contributed by atoms with van der Waals surface area (Å²) in [5.74, 6) is 2.56. The van der Waals surface area contributed by atoms with E-state index in [0.717, 1.165) is 101 Å². The van der Waals surface area contributed by atoms with E-state index in [0.29, 0.717) is 5.92 Å². The SMILES string of the molecule is CCCN(CCC)c1nc(N2CCN(CC(C)Cn3c4c(c5ccccc53)C=CCC4)CC2)nc2ccccc12. The number of fused-ring (bicyclic) bond motifs is 4. The second kappa shape index (κ2) is 12.0. The van der Waals surface area contributed by atoms with Crippen LogP contribution in [0.1, 0.15) is 51.3 Å². The topological polar surface area (TPSA) is 40.4 Å². The lowest BCUT2D eigenvalue weighted by molar-refractivity contribution is 0.215. The van der Waals surface area contributed by atoms with Crippen molar-refractivity contribution in [1.29, 1.82) is 0 Å². The van der Waals surface area contributed by atoms with Gasteiger partial charge in [0.2, 0.25) is 5.95 Å². The highest BCUT2D eigenvalue weighted by Crippen LogP contribution is 2.32. The van der Waals surface area contributed by atoms with Crippen LogP contribution in [0.15, 0.2) is 54.6 Å². The predicted molar refractivity (Wildman–Crippen MR) is 169 cm³/mol. The van der Waals surface area contributed by atoms with Crippen LogP contribution in [0.25, 0.3) is 27.9 Å². The highest BCUT2D eigenvalue weighted by atomic mass is 15.3. The molecule has 0 amide bonds. The molecule has 0 N–H and O–H groups in total. The quantitative estimate of drug-likeness (QED) is 0.228. The van der Waals surface area contributed by atoms with Gasteiger partial charge in [-0.05, 0) is 49.8 Å². The third-order valence-electron chi connectivity index (χ3n) is 8.53. The van der Waals surface area contributed by atoms with Crippen molar-refractivity contribution in [3.05, 3.63) is 65.9 Å². The predicted octanol–water partition coefficient (Wildman–Crippen LogP) is 6.63. The number of piperazine rings is 1. The number of rotatable bonds is 10. The van der Waals surface area contributed by atoms with Gasteiger partial charge in [0.25, 0.3) is 0 Å². The summed E-state index contributed by atoms with van der Waals surface area (Å²) in [6, 6.07) is 17.4. The van der Waals surface area contributed by atoms with Gasteiger partial charge < -0.3 is 14.4 Å². The molecule has 0 spiro atoms. The molecule has 1 aliphatic heterocycles. The van der Waals surface area contributed by atoms with Gasteiger partial charge in [-0.25, -0.2) is 4.98 Å². The lowest BCUT2D eigenvalue weighted by atomic mass is 10.0. The molecular formula is C34H44N6. The van der Waals surface area contributed by atoms with Crippen LogP contribution in [0, 0.1) is 5.92 Å². The molecular weight excluding hydrogens is 492 g/mol. The normalized spacial score (nSPS) is 16.5. The van der Waals surface area contributed by atoms with Crippen LogP contribution in [-0.4, -0.2) is 65.2 Å². The van der Waals surface area contributed by atoms with Crippen molar-refractivity contribution < 1.29 is 0 Å². The van der Waals surface area contributed by atoms with Crippen LogP contribution >= 0.6 is 0 Å². The van der Waals surface area contributed by atoms with Crippen molar-refractivity contribution in [2.75, 3.05) is 55.6 Å². The van der Waals surface area contributed by atoms with Gasteiger partial charge in [0.05, 0.1) is 5.52 Å². The summed E-state index contributed by atoms with van der Waals surface area (Å²) in [6.45, 7) is 15.2. The number of nitrogens with zero attached hydrogens (tertiary/aromatic N) is 6. The van der Waals surface area contributed by atoms with Crippen molar-refractivity contribution >= 4 is 39.6 Å². The first-order valence-electron chi connectivity index (χ1n) is 15.4. The van der Waals surface area contributed by atoms with Crippen LogP contribution in [0.5, 0.6) is 0 Å². The first-order chi connectivity index (χ1) is 19.7. The summed E-state index contributed by atoms with van der Waals surface area (Å²) in [4.78, 5) is 17.7. The Morgan fingerprint density at radius 3 is 2.35 bits per heavy atom. The molecule has 4 aromatic rings. The molecule has 1 fully saturated rings. The number of benzene rings is 2. The fourth-order valence-electron chi connectivity index (χ4n) is 6.70. The number of allylic oxidation sites excluding steroid dienone is 1. The Morgan fingerprint density at radius 1 is 0.850 bits per heavy atom. The average molecular weight is 537 g/mol. The van der Waals surface area contributed by atoms with Gasteiger partial charge in [0, 0.05) is 79.9 Å². The second-order valence-corrected chi connectivity index (χ2v) is 11.7. The summed E-state index contributed by atoms with van der Waals surface area (Å²) < 4.78 is 2.61. The molecule has 0 saturated carbocycles. The lowest BCUT2D eigenvalue weighted by Crippen LogP contribution is -2.48. The first-order valence-corrected chi connectivity index (χ1v) is 15.4. The van der Waals surface area contributed by atoms with Crippen LogP contribution in [0.3, 0.4) is 0 Å². The van der Waals surface area contributed by atoms with Gasteiger partial charge in [0.15, 0.2) is 0 Å². The Labute approximate surface area is 239 Å². The molecule has 1 unspecified atom stereocenters. The Morgan fingerprint density at radius 2 is 1.57 bits per heavy atom. The molecule has 0 bridgehead atoms. The maximum Gasteiger partial charge on any atom is 0.227 e. The van der Waals surface area contributed by atoms with Crippen molar-refractivity contribution in [1.82, 2.24) is 19.4 Å². The molecule has 1 atom stereocenters. The molecule has 0 radical (unpaired) electrons. The molecule has 210 valence electrons. The van der Waals surface area contributed by atoms with E-state index in [1.807, 2.05) is 0 Å². The van der Waals surface area contributed by atoms with Crippen molar-refractivity contribution in [3.63, 3.8) is 0 Å². The largest absolute Gasteiger partial charge is 0.356 e. The molecule has 3 heterocycles. The zero-order chi connectivity index (χ0) is 27.5. The second-order valence-electron chi connectivity index (χ2n) is 11.7. The van der Waals surface area contributed by atoms with E-state index in [2.05, 4.69) is 101 Å². The van der Waals surface area contributed by atoms with Gasteiger partial charge >= 0.3 is 0 Å². The summed E-state index contributed by atoms with van der Waals surface area (Å²) >= 11 is 0. The smallest absolute Gasteiger partial charge is 0.227 e. The van der Waals surface area contributed by atoms with Crippen molar-refractivity contribution in [2.45, 2.75) is 53.0 Å². The van der Waals surface area contributed by atoms with E-state index < -0.39 is 0 Å². The standard InChI is InChI=1S/C34H44N6/c1-4-18-38(19-5-2)33-29-14-6-9-15-30(29)35-34(36-33)39-22-20-37(21-23-39)24-26(3)25-40-31-16-10-7-12-27(31)28-13-8-11-17-32(28)40/h6-10,12-16,26H,4-5,11,17-25H2,1-3H3. The molecule has 1 saturated heterocycles. The zero-order valence-corrected chi connectivity index (χ0v) is 24.5. The highest BCUT2D eigenvalue weighted by molar-refractivity contribution is 5.92. The van der Waals surface area contributed by atoms with Gasteiger partial charge in [-0.1, -0.05) is 63.3 Å². The monoisotopic (exact) mass is 536 g/mol. The van der Waals surface area contributed by atoms with E-state index in [1.165, 1.54) is 22.2 Å². The molecule has 1 aliphatic carbocycles. The van der Waals surface area contributed by atoms with Gasteiger partial charge in [-0.2, -0.15) is 4.98 Å². The van der Waals surface area contributed by atoms with Crippen LogP contribution < -0.4 is 9.80 Å². The third kappa shape index (κ3) is 5.34. The summed E-state index contributed by atoms with van der Waals surface area (Å²) in [5.41, 5.74) is 5.40. The van der Waals surface area contributed by atoms with E-state index in [-0.39, 0.29) is 0 Å². The van der Waals surface area contributed by atoms with Gasteiger partial charge in [0.1, 0.15) is 5.82 Å².